The molecule has 2 aromatic rings. The summed E-state index contributed by atoms with van der Waals surface area (Å²) in [4.78, 5) is 4.12. The first-order chi connectivity index (χ1) is 9.54. The molecule has 1 aliphatic rings. The van der Waals surface area contributed by atoms with Crippen molar-refractivity contribution in [3.05, 3.63) is 34.0 Å². The molecule has 20 heavy (non-hydrogen) atoms. The van der Waals surface area contributed by atoms with Gasteiger partial charge in [0.25, 0.3) is 0 Å². The van der Waals surface area contributed by atoms with E-state index < -0.39 is 10.8 Å². The van der Waals surface area contributed by atoms with Crippen molar-refractivity contribution in [2.45, 2.75) is 24.2 Å². The first-order valence-electron chi connectivity index (χ1n) is 6.27. The number of benzene rings is 1. The van der Waals surface area contributed by atoms with Gasteiger partial charge in [-0.15, -0.1) is 0 Å². The molecule has 0 spiro atoms. The van der Waals surface area contributed by atoms with E-state index in [0.717, 1.165) is 33.8 Å². The second-order valence-corrected chi connectivity index (χ2v) is 7.84. The van der Waals surface area contributed by atoms with Crippen LogP contribution in [0.4, 0.5) is 0 Å². The van der Waals surface area contributed by atoms with E-state index in [9.17, 15) is 4.21 Å². The molecule has 1 heterocycles. The highest BCUT2D eigenvalue weighted by molar-refractivity contribution is 9.10. The molecule has 3 rings (SSSR count). The quantitative estimate of drug-likeness (QED) is 0.764. The predicted octanol–water partition coefficient (Wildman–Crippen LogP) is 3.94. The lowest BCUT2D eigenvalue weighted by molar-refractivity contribution is 0.126. The lowest BCUT2D eigenvalue weighted by atomic mass is 9.95. The molecule has 106 valence electrons. The van der Waals surface area contributed by atoms with Gasteiger partial charge < -0.3 is 4.74 Å². The number of fused-ring (bicyclic) bond motifs is 1. The van der Waals surface area contributed by atoms with Gasteiger partial charge in [0.1, 0.15) is 17.0 Å². The van der Waals surface area contributed by atoms with Crippen LogP contribution in [0.5, 0.6) is 5.75 Å². The number of hydrogen-bond donors (Lipinski definition) is 0. The summed E-state index contributed by atoms with van der Waals surface area (Å²) in [6, 6.07) is 5.69. The average molecular weight is 375 g/mol. The largest absolute Gasteiger partial charge is 0.490 e. The Morgan fingerprint density at radius 2 is 2.15 bits per heavy atom. The van der Waals surface area contributed by atoms with Crippen LogP contribution in [-0.4, -0.2) is 26.8 Å². The Kier molecular flexibility index (Phi) is 4.02. The molecule has 0 amide bonds. The summed E-state index contributed by atoms with van der Waals surface area (Å²) in [6.45, 7) is 0. The summed E-state index contributed by atoms with van der Waals surface area (Å²) >= 11 is 9.44. The Balaban J connectivity index is 1.86. The lowest BCUT2D eigenvalue weighted by Crippen LogP contribution is -2.40. The normalized spacial score (nSPS) is 23.4. The van der Waals surface area contributed by atoms with Crippen LogP contribution in [-0.2, 0) is 10.8 Å². The number of pyridine rings is 1. The van der Waals surface area contributed by atoms with Gasteiger partial charge in [-0.05, 0) is 31.0 Å². The standard InChI is InChI=1S/C14H13BrClNO2S/c1-20(18)9-4-8(5-9)19-13-3-2-12(15)10-6-14(16)17-7-11(10)13/h2-3,6-9H,4-5H2,1H3. The van der Waals surface area contributed by atoms with Crippen molar-refractivity contribution in [3.8, 4) is 5.75 Å². The minimum atomic E-state index is -0.753. The van der Waals surface area contributed by atoms with Crippen LogP contribution in [0.2, 0.25) is 5.15 Å². The molecule has 0 radical (unpaired) electrons. The fourth-order valence-electron chi connectivity index (χ4n) is 2.32. The third kappa shape index (κ3) is 2.71. The zero-order valence-electron chi connectivity index (χ0n) is 10.8. The Morgan fingerprint density at radius 3 is 2.85 bits per heavy atom. The van der Waals surface area contributed by atoms with Gasteiger partial charge in [0.05, 0.1) is 0 Å². The fourth-order valence-corrected chi connectivity index (χ4v) is 3.91. The minimum absolute atomic E-state index is 0.143. The third-order valence-electron chi connectivity index (χ3n) is 3.59. The maximum Gasteiger partial charge on any atom is 0.129 e. The summed E-state index contributed by atoms with van der Waals surface area (Å²) < 4.78 is 18.3. The van der Waals surface area contributed by atoms with Crippen molar-refractivity contribution in [1.82, 2.24) is 4.98 Å². The zero-order chi connectivity index (χ0) is 14.3. The Hall–Kier alpha value is -0.650. The molecule has 1 aromatic heterocycles. The molecule has 1 aliphatic carbocycles. The summed E-state index contributed by atoms with van der Waals surface area (Å²) in [5.74, 6) is 0.803. The average Bonchev–Trinajstić information content (AvgIpc) is 2.35. The Morgan fingerprint density at radius 1 is 1.40 bits per heavy atom. The molecule has 3 nitrogen and oxygen atoms in total. The third-order valence-corrected chi connectivity index (χ3v) is 5.81. The van der Waals surface area contributed by atoms with Crippen molar-refractivity contribution in [2.24, 2.45) is 0 Å². The van der Waals surface area contributed by atoms with E-state index in [1.54, 1.807) is 12.5 Å². The van der Waals surface area contributed by atoms with E-state index in [-0.39, 0.29) is 11.4 Å². The van der Waals surface area contributed by atoms with Gasteiger partial charge in [0.15, 0.2) is 0 Å². The summed E-state index contributed by atoms with van der Waals surface area (Å²) in [7, 11) is -0.753. The minimum Gasteiger partial charge on any atom is -0.490 e. The van der Waals surface area contributed by atoms with Crippen LogP contribution in [0, 0.1) is 0 Å². The number of ether oxygens (including phenoxy) is 1. The molecule has 0 saturated heterocycles. The van der Waals surface area contributed by atoms with Crippen LogP contribution < -0.4 is 4.74 Å². The molecule has 1 saturated carbocycles. The topological polar surface area (TPSA) is 39.2 Å². The van der Waals surface area contributed by atoms with Gasteiger partial charge in [-0.25, -0.2) is 4.98 Å². The molecule has 1 unspecified atom stereocenters. The molecule has 6 heteroatoms. The highest BCUT2D eigenvalue weighted by Gasteiger charge is 2.33. The van der Waals surface area contributed by atoms with E-state index in [1.165, 1.54) is 0 Å². The van der Waals surface area contributed by atoms with Gasteiger partial charge in [0.2, 0.25) is 0 Å². The van der Waals surface area contributed by atoms with Crippen LogP contribution >= 0.6 is 27.5 Å². The van der Waals surface area contributed by atoms with Gasteiger partial charge in [-0.2, -0.15) is 0 Å². The van der Waals surface area contributed by atoms with E-state index in [0.29, 0.717) is 5.15 Å². The number of halogens is 2. The van der Waals surface area contributed by atoms with E-state index in [1.807, 2.05) is 18.2 Å². The van der Waals surface area contributed by atoms with Crippen LogP contribution in [0.25, 0.3) is 10.8 Å². The second kappa shape index (κ2) is 5.62. The Bertz CT molecular complexity index is 688. The van der Waals surface area contributed by atoms with E-state index in [4.69, 9.17) is 16.3 Å². The number of hydrogen-bond acceptors (Lipinski definition) is 3. The van der Waals surface area contributed by atoms with Crippen molar-refractivity contribution in [3.63, 3.8) is 0 Å². The van der Waals surface area contributed by atoms with E-state index >= 15 is 0 Å². The zero-order valence-corrected chi connectivity index (χ0v) is 14.0. The molecular formula is C14H13BrClNO2S. The van der Waals surface area contributed by atoms with Crippen molar-refractivity contribution in [2.75, 3.05) is 6.26 Å². The highest BCUT2D eigenvalue weighted by atomic mass is 79.9. The molecule has 0 bridgehead atoms. The second-order valence-electron chi connectivity index (χ2n) is 4.93. The maximum atomic E-state index is 11.3. The lowest BCUT2D eigenvalue weighted by Gasteiger charge is -2.34. The molecule has 0 aliphatic heterocycles. The Labute approximate surface area is 133 Å². The number of aromatic nitrogens is 1. The molecule has 1 fully saturated rings. The number of rotatable bonds is 3. The van der Waals surface area contributed by atoms with Gasteiger partial charge in [-0.1, -0.05) is 27.5 Å². The van der Waals surface area contributed by atoms with Gasteiger partial charge >= 0.3 is 0 Å². The van der Waals surface area contributed by atoms with Crippen molar-refractivity contribution >= 4 is 49.1 Å². The van der Waals surface area contributed by atoms with E-state index in [2.05, 4.69) is 20.9 Å². The first-order valence-corrected chi connectivity index (χ1v) is 9.06. The van der Waals surface area contributed by atoms with Gasteiger partial charge in [0, 0.05) is 43.7 Å². The van der Waals surface area contributed by atoms with Crippen molar-refractivity contribution in [1.29, 1.82) is 0 Å². The number of nitrogens with zero attached hydrogens (tertiary/aromatic N) is 1. The predicted molar refractivity (Wildman–Crippen MR) is 86.0 cm³/mol. The fraction of sp³-hybridized carbons (Fsp3) is 0.357. The van der Waals surface area contributed by atoms with Crippen LogP contribution in [0.1, 0.15) is 12.8 Å². The van der Waals surface area contributed by atoms with Crippen LogP contribution in [0.3, 0.4) is 0 Å². The summed E-state index contributed by atoms with van der Waals surface area (Å²) in [6.07, 6.45) is 5.32. The van der Waals surface area contributed by atoms with Crippen LogP contribution in [0.15, 0.2) is 28.9 Å². The molecule has 1 atom stereocenters. The SMILES string of the molecule is CS(=O)C1CC(Oc2ccc(Br)c3cc(Cl)ncc23)C1. The smallest absolute Gasteiger partial charge is 0.129 e. The molecule has 1 aromatic carbocycles. The summed E-state index contributed by atoms with van der Waals surface area (Å²) in [5, 5.41) is 2.65. The first kappa shape index (κ1) is 14.3. The van der Waals surface area contributed by atoms with Crippen molar-refractivity contribution < 1.29 is 8.95 Å². The monoisotopic (exact) mass is 373 g/mol. The molecular weight excluding hydrogens is 362 g/mol. The maximum absolute atomic E-state index is 11.3. The summed E-state index contributed by atoms with van der Waals surface area (Å²) in [5.41, 5.74) is 0. The highest BCUT2D eigenvalue weighted by Crippen LogP contribution is 2.36. The van der Waals surface area contributed by atoms with Gasteiger partial charge in [-0.3, -0.25) is 4.21 Å². The molecule has 0 N–H and O–H groups in total.